The predicted molar refractivity (Wildman–Crippen MR) is 60.5 cm³/mol. The van der Waals surface area contributed by atoms with E-state index in [0.29, 0.717) is 0 Å². The van der Waals surface area contributed by atoms with Crippen molar-refractivity contribution in [3.05, 3.63) is 4.91 Å². The Hall–Kier alpha value is -1.13. The molecule has 0 radical (unpaired) electrons. The zero-order chi connectivity index (χ0) is 11.9. The molecule has 0 spiro atoms. The van der Waals surface area contributed by atoms with Gasteiger partial charge in [0.2, 0.25) is 0 Å². The fourth-order valence-corrected chi connectivity index (χ4v) is 4.64. The van der Waals surface area contributed by atoms with Gasteiger partial charge in [-0.15, -0.1) is 4.91 Å². The topological polar surface area (TPSA) is 67.8 Å². The maximum absolute atomic E-state index is 12.2. The lowest BCUT2D eigenvalue weighted by Crippen LogP contribution is -2.50. The number of rotatable bonds is 4. The van der Waals surface area contributed by atoms with Crippen LogP contribution in [0.1, 0.15) is 38.5 Å². The fourth-order valence-electron chi connectivity index (χ4n) is 4.64. The summed E-state index contributed by atoms with van der Waals surface area (Å²) in [7, 11) is 0. The van der Waals surface area contributed by atoms with E-state index in [4.69, 9.17) is 4.74 Å². The summed E-state index contributed by atoms with van der Waals surface area (Å²) in [6, 6.07) is 0. The maximum Gasteiger partial charge on any atom is 0.313 e. The lowest BCUT2D eigenvalue weighted by molar-refractivity contribution is -0.172. The Morgan fingerprint density at radius 2 is 1.71 bits per heavy atom. The van der Waals surface area contributed by atoms with Gasteiger partial charge in [0.15, 0.2) is 6.73 Å². The van der Waals surface area contributed by atoms with Gasteiger partial charge >= 0.3 is 5.97 Å². The van der Waals surface area contributed by atoms with Crippen molar-refractivity contribution in [2.75, 3.05) is 6.73 Å². The largest absolute Gasteiger partial charge is 0.442 e. The Balaban J connectivity index is 1.68. The van der Waals surface area contributed by atoms with Crippen molar-refractivity contribution in [1.82, 2.24) is 5.43 Å². The maximum atomic E-state index is 12.2. The van der Waals surface area contributed by atoms with Crippen LogP contribution in [0.5, 0.6) is 0 Å². The van der Waals surface area contributed by atoms with Gasteiger partial charge in [0.1, 0.15) is 0 Å². The molecule has 0 heterocycles. The van der Waals surface area contributed by atoms with Crippen molar-refractivity contribution >= 4 is 5.97 Å². The van der Waals surface area contributed by atoms with Gasteiger partial charge in [0.25, 0.3) is 0 Å². The average Bonchev–Trinajstić information content (AvgIpc) is 2.27. The van der Waals surface area contributed by atoms with Crippen molar-refractivity contribution < 1.29 is 9.53 Å². The number of hydrogen-bond acceptors (Lipinski definition) is 4. The number of hydrogen-bond donors (Lipinski definition) is 1. The Labute approximate surface area is 100 Å². The second-order valence-electron chi connectivity index (χ2n) is 6.02. The first-order valence-corrected chi connectivity index (χ1v) is 6.44. The third-order valence-corrected chi connectivity index (χ3v) is 4.80. The van der Waals surface area contributed by atoms with Crippen LogP contribution in [0.3, 0.4) is 0 Å². The van der Waals surface area contributed by atoms with Crippen LogP contribution in [0.2, 0.25) is 0 Å². The highest BCUT2D eigenvalue weighted by Crippen LogP contribution is 2.60. The molecule has 4 bridgehead atoms. The molecule has 4 fully saturated rings. The van der Waals surface area contributed by atoms with Gasteiger partial charge in [0, 0.05) is 0 Å². The van der Waals surface area contributed by atoms with Crippen LogP contribution in [0, 0.1) is 28.1 Å². The molecule has 0 atom stereocenters. The van der Waals surface area contributed by atoms with Gasteiger partial charge in [0.05, 0.1) is 10.7 Å². The Bertz CT molecular complexity index is 307. The van der Waals surface area contributed by atoms with E-state index in [1.807, 2.05) is 0 Å². The molecule has 17 heavy (non-hydrogen) atoms. The highest BCUT2D eigenvalue weighted by molar-refractivity contribution is 5.77. The molecular formula is C12H18N2O3. The molecule has 4 rings (SSSR count). The van der Waals surface area contributed by atoms with E-state index >= 15 is 0 Å². The summed E-state index contributed by atoms with van der Waals surface area (Å²) in [5.41, 5.74) is 1.90. The standard InChI is InChI=1S/C12H18N2O3/c15-11(17-7-13-14-16)12-4-8-1-9(5-12)3-10(2-8)6-12/h8-10H,1-7H2,(H,13,16). The van der Waals surface area contributed by atoms with Gasteiger partial charge in [-0.25, -0.2) is 5.43 Å². The number of nitrogens with one attached hydrogen (secondary N) is 1. The molecule has 1 N–H and O–H groups in total. The van der Waals surface area contributed by atoms with Crippen molar-refractivity contribution in [1.29, 1.82) is 0 Å². The molecule has 94 valence electrons. The van der Waals surface area contributed by atoms with Gasteiger partial charge in [-0.05, 0) is 56.3 Å². The second-order valence-corrected chi connectivity index (χ2v) is 6.02. The third kappa shape index (κ3) is 1.81. The molecule has 0 aliphatic heterocycles. The zero-order valence-corrected chi connectivity index (χ0v) is 9.85. The SMILES string of the molecule is O=NNCOC(=O)C12CC3CC(CC(C3)C1)C2. The van der Waals surface area contributed by atoms with E-state index in [0.717, 1.165) is 37.0 Å². The summed E-state index contributed by atoms with van der Waals surface area (Å²) in [5, 5.41) is 2.48. The number of carbonyl (C=O) groups is 1. The van der Waals surface area contributed by atoms with E-state index < -0.39 is 0 Å². The van der Waals surface area contributed by atoms with Crippen molar-refractivity contribution in [3.8, 4) is 0 Å². The molecular weight excluding hydrogens is 220 g/mol. The molecule has 0 aromatic carbocycles. The molecule has 4 saturated carbocycles. The lowest BCUT2D eigenvalue weighted by atomic mass is 9.49. The van der Waals surface area contributed by atoms with E-state index in [1.54, 1.807) is 0 Å². The Kier molecular flexibility index (Phi) is 2.56. The summed E-state index contributed by atoms with van der Waals surface area (Å²) in [4.78, 5) is 22.0. The number of nitrogens with zero attached hydrogens (tertiary/aromatic N) is 1. The average molecular weight is 238 g/mol. The summed E-state index contributed by atoms with van der Waals surface area (Å²) in [6.07, 6.45) is 6.90. The fraction of sp³-hybridized carbons (Fsp3) is 0.917. The summed E-state index contributed by atoms with van der Waals surface area (Å²) in [5.74, 6) is 2.07. The molecule has 4 aliphatic carbocycles. The molecule has 0 aromatic heterocycles. The lowest BCUT2D eigenvalue weighted by Gasteiger charge is -2.55. The monoisotopic (exact) mass is 238 g/mol. The molecule has 0 aromatic rings. The third-order valence-electron chi connectivity index (χ3n) is 4.80. The predicted octanol–water partition coefficient (Wildman–Crippen LogP) is 1.97. The van der Waals surface area contributed by atoms with Crippen LogP contribution in [0.15, 0.2) is 5.29 Å². The molecule has 4 aliphatic rings. The summed E-state index contributed by atoms with van der Waals surface area (Å²) >= 11 is 0. The minimum absolute atomic E-state index is 0.0932. The molecule has 0 amide bonds. The summed E-state index contributed by atoms with van der Waals surface area (Å²) in [6.45, 7) is -0.0932. The zero-order valence-electron chi connectivity index (χ0n) is 9.85. The highest BCUT2D eigenvalue weighted by Gasteiger charge is 2.55. The van der Waals surface area contributed by atoms with Crippen LogP contribution >= 0.6 is 0 Å². The van der Waals surface area contributed by atoms with Crippen LogP contribution in [-0.2, 0) is 9.53 Å². The van der Waals surface area contributed by atoms with E-state index in [2.05, 4.69) is 10.7 Å². The number of nitroso groups, excluding NO2 is 1. The first-order chi connectivity index (χ1) is 8.22. The van der Waals surface area contributed by atoms with E-state index in [1.165, 1.54) is 19.3 Å². The van der Waals surface area contributed by atoms with E-state index in [9.17, 15) is 9.70 Å². The smallest absolute Gasteiger partial charge is 0.313 e. The summed E-state index contributed by atoms with van der Waals surface area (Å²) < 4.78 is 5.12. The van der Waals surface area contributed by atoms with Gasteiger partial charge in [-0.2, -0.15) is 0 Å². The Morgan fingerprint density at radius 1 is 1.18 bits per heavy atom. The quantitative estimate of drug-likeness (QED) is 0.267. The molecule has 5 heteroatoms. The number of ether oxygens (including phenoxy) is 1. The van der Waals surface area contributed by atoms with Crippen molar-refractivity contribution in [2.45, 2.75) is 38.5 Å². The molecule has 5 nitrogen and oxygen atoms in total. The van der Waals surface area contributed by atoms with E-state index in [-0.39, 0.29) is 18.1 Å². The van der Waals surface area contributed by atoms with Crippen LogP contribution in [0.4, 0.5) is 0 Å². The van der Waals surface area contributed by atoms with Crippen LogP contribution in [0.25, 0.3) is 0 Å². The second kappa shape index (κ2) is 3.96. The first-order valence-electron chi connectivity index (χ1n) is 6.44. The minimum atomic E-state index is -0.237. The molecule has 0 unspecified atom stereocenters. The van der Waals surface area contributed by atoms with Gasteiger partial charge < -0.3 is 4.74 Å². The normalized spacial score (nSPS) is 42.2. The van der Waals surface area contributed by atoms with Gasteiger partial charge in [-0.1, -0.05) is 0 Å². The van der Waals surface area contributed by atoms with Crippen LogP contribution < -0.4 is 5.43 Å². The number of carbonyl (C=O) groups excluding carboxylic acids is 1. The van der Waals surface area contributed by atoms with Gasteiger partial charge in [-0.3, -0.25) is 4.79 Å². The van der Waals surface area contributed by atoms with Crippen molar-refractivity contribution in [2.24, 2.45) is 28.5 Å². The first kappa shape index (κ1) is 11.0. The molecule has 0 saturated heterocycles. The number of esters is 1. The highest BCUT2D eigenvalue weighted by atomic mass is 16.5. The van der Waals surface area contributed by atoms with Crippen LogP contribution in [-0.4, -0.2) is 12.7 Å². The minimum Gasteiger partial charge on any atom is -0.442 e. The van der Waals surface area contributed by atoms with Crippen molar-refractivity contribution in [3.63, 3.8) is 0 Å². The Morgan fingerprint density at radius 3 is 2.18 bits per heavy atom.